The predicted octanol–water partition coefficient (Wildman–Crippen LogP) is 2.79. The molecule has 0 aliphatic carbocycles. The van der Waals surface area contributed by atoms with Crippen molar-refractivity contribution in [2.75, 3.05) is 11.2 Å². The Labute approximate surface area is 150 Å². The number of carbonyl (C=O) groups excluding carboxylic acids is 1. The summed E-state index contributed by atoms with van der Waals surface area (Å²) in [4.78, 5) is 14.6. The van der Waals surface area contributed by atoms with Crippen molar-refractivity contribution in [1.82, 2.24) is 0 Å². The molecule has 0 saturated heterocycles. The minimum absolute atomic E-state index is 0.000679. The Hall–Kier alpha value is -2.42. The zero-order chi connectivity index (χ0) is 18.6. The molecule has 0 radical (unpaired) electrons. The van der Waals surface area contributed by atoms with E-state index in [0.717, 1.165) is 0 Å². The third-order valence-electron chi connectivity index (χ3n) is 3.18. The molecule has 4 N–H and O–H groups in total. The zero-order valence-corrected chi connectivity index (χ0v) is 14.8. The van der Waals surface area contributed by atoms with Crippen LogP contribution in [0.1, 0.15) is 6.92 Å². The summed E-state index contributed by atoms with van der Waals surface area (Å²) >= 11 is 5.55. The summed E-state index contributed by atoms with van der Waals surface area (Å²) in [7, 11) is -4.50. The van der Waals surface area contributed by atoms with Gasteiger partial charge in [-0.05, 0) is 35.4 Å². The number of benzene rings is 2. The van der Waals surface area contributed by atoms with E-state index in [1.807, 2.05) is 0 Å². The number of anilines is 1. The molecule has 0 aliphatic rings. The van der Waals surface area contributed by atoms with Gasteiger partial charge in [-0.1, -0.05) is 18.2 Å². The van der Waals surface area contributed by atoms with E-state index < -0.39 is 10.1 Å². The highest BCUT2D eigenvalue weighted by Gasteiger charge is 2.17. The third kappa shape index (κ3) is 5.02. The van der Waals surface area contributed by atoms with Crippen LogP contribution in [0.3, 0.4) is 0 Å². The molecule has 9 heteroatoms. The highest BCUT2D eigenvalue weighted by Crippen LogP contribution is 2.31. The minimum Gasteiger partial charge on any atom is -0.386 e. The summed E-state index contributed by atoms with van der Waals surface area (Å²) in [5.74, 6) is -0.239. The molecule has 132 valence electrons. The first-order chi connectivity index (χ1) is 11.7. The van der Waals surface area contributed by atoms with Gasteiger partial charge in [0.2, 0.25) is 5.91 Å². The number of rotatable bonds is 5. The van der Waals surface area contributed by atoms with Crippen molar-refractivity contribution in [2.45, 2.75) is 11.8 Å². The molecule has 0 spiro atoms. The summed E-state index contributed by atoms with van der Waals surface area (Å²) in [6.45, 7) is 1.40. The van der Waals surface area contributed by atoms with Crippen molar-refractivity contribution in [2.24, 2.45) is 10.7 Å². The molecule has 2 aromatic carbocycles. The predicted molar refractivity (Wildman–Crippen MR) is 98.0 cm³/mol. The van der Waals surface area contributed by atoms with Crippen molar-refractivity contribution in [3.8, 4) is 11.1 Å². The normalized spacial score (nSPS) is 12.0. The highest BCUT2D eigenvalue weighted by molar-refractivity contribution is 7.86. The van der Waals surface area contributed by atoms with Crippen molar-refractivity contribution in [3.63, 3.8) is 0 Å². The molecule has 7 nitrogen and oxygen atoms in total. The zero-order valence-electron chi connectivity index (χ0n) is 13.2. The van der Waals surface area contributed by atoms with E-state index >= 15 is 0 Å². The Morgan fingerprint density at radius 3 is 2.32 bits per heavy atom. The topological polar surface area (TPSA) is 122 Å². The fourth-order valence-electron chi connectivity index (χ4n) is 2.13. The van der Waals surface area contributed by atoms with Gasteiger partial charge in [-0.15, -0.1) is 11.6 Å². The number of amides is 1. The van der Waals surface area contributed by atoms with Crippen molar-refractivity contribution < 1.29 is 17.8 Å². The number of aliphatic imine (C=N–C) groups is 1. The minimum atomic E-state index is -4.50. The first kappa shape index (κ1) is 18.9. The number of alkyl halides is 1. The van der Waals surface area contributed by atoms with Crippen molar-refractivity contribution in [3.05, 3.63) is 42.5 Å². The van der Waals surface area contributed by atoms with Crippen LogP contribution in [0.15, 0.2) is 52.4 Å². The van der Waals surface area contributed by atoms with Gasteiger partial charge in [-0.3, -0.25) is 9.35 Å². The number of nitrogens with one attached hydrogen (secondary N) is 1. The first-order valence-corrected chi connectivity index (χ1v) is 9.06. The molecule has 0 aliphatic heterocycles. The number of nitrogens with two attached hydrogens (primary N) is 1. The van der Waals surface area contributed by atoms with E-state index in [1.54, 1.807) is 30.3 Å². The summed E-state index contributed by atoms with van der Waals surface area (Å²) in [5.41, 5.74) is 7.38. The van der Waals surface area contributed by atoms with Gasteiger partial charge in [0, 0.05) is 12.6 Å². The molecule has 0 aromatic heterocycles. The van der Waals surface area contributed by atoms with E-state index in [-0.39, 0.29) is 28.2 Å². The second kappa shape index (κ2) is 7.64. The molecular weight excluding hydrogens is 366 g/mol. The summed E-state index contributed by atoms with van der Waals surface area (Å²) < 4.78 is 32.7. The molecule has 1 amide bonds. The largest absolute Gasteiger partial charge is 0.386 e. The molecule has 2 rings (SSSR count). The maximum atomic E-state index is 11.6. The van der Waals surface area contributed by atoms with Crippen molar-refractivity contribution >= 4 is 44.8 Å². The lowest BCUT2D eigenvalue weighted by atomic mass is 10.0. The molecule has 25 heavy (non-hydrogen) atoms. The lowest BCUT2D eigenvalue weighted by Crippen LogP contribution is -2.12. The second-order valence-corrected chi connectivity index (χ2v) is 6.81. The molecule has 0 heterocycles. The molecule has 0 unspecified atom stereocenters. The van der Waals surface area contributed by atoms with E-state index in [0.29, 0.717) is 16.8 Å². The molecule has 0 fully saturated rings. The first-order valence-electron chi connectivity index (χ1n) is 7.09. The van der Waals surface area contributed by atoms with Gasteiger partial charge in [0.05, 0.1) is 11.6 Å². The number of halogens is 1. The van der Waals surface area contributed by atoms with Gasteiger partial charge in [-0.2, -0.15) is 8.42 Å². The quantitative estimate of drug-likeness (QED) is 0.318. The van der Waals surface area contributed by atoms with Crippen LogP contribution in [0, 0.1) is 0 Å². The average molecular weight is 382 g/mol. The lowest BCUT2D eigenvalue weighted by Gasteiger charge is -2.09. The fourth-order valence-corrected chi connectivity index (χ4v) is 2.84. The number of carbonyl (C=O) groups is 1. The number of hydrogen-bond donors (Lipinski definition) is 3. The van der Waals surface area contributed by atoms with Crippen molar-refractivity contribution in [1.29, 1.82) is 0 Å². The molecule has 2 aromatic rings. The van der Waals surface area contributed by atoms with Gasteiger partial charge in [-0.25, -0.2) is 4.99 Å². The van der Waals surface area contributed by atoms with Gasteiger partial charge in [0.1, 0.15) is 10.7 Å². The Kier molecular flexibility index (Phi) is 5.78. The fraction of sp³-hybridized carbons (Fsp3) is 0.125. The average Bonchev–Trinajstić information content (AvgIpc) is 2.54. The number of amidine groups is 1. The molecule has 0 bridgehead atoms. The van der Waals surface area contributed by atoms with Crippen LogP contribution in [-0.2, 0) is 14.9 Å². The Morgan fingerprint density at radius 1 is 1.20 bits per heavy atom. The monoisotopic (exact) mass is 381 g/mol. The second-order valence-electron chi connectivity index (χ2n) is 5.15. The smallest absolute Gasteiger partial charge is 0.296 e. The van der Waals surface area contributed by atoms with Gasteiger partial charge in [0.25, 0.3) is 10.1 Å². The molecular formula is C16H16ClN3O4S. The standard InChI is InChI=1S/C16H16ClN3O4S/c1-10(21)19-13-5-2-11(3-6-13)12-4-7-14(20-16(18)9-17)15(8-12)25(22,23)24/h2-8H,9H2,1H3,(H2,18,20)(H,19,21)(H,22,23,24). The Bertz CT molecular complexity index is 925. The van der Waals surface area contributed by atoms with E-state index in [2.05, 4.69) is 10.3 Å². The number of hydrogen-bond acceptors (Lipinski definition) is 4. The van der Waals surface area contributed by atoms with E-state index in [4.69, 9.17) is 17.3 Å². The van der Waals surface area contributed by atoms with Gasteiger partial charge < -0.3 is 11.1 Å². The summed E-state index contributed by atoms with van der Waals surface area (Å²) in [5, 5.41) is 2.64. The third-order valence-corrected chi connectivity index (χ3v) is 4.33. The van der Waals surface area contributed by atoms with Crippen LogP contribution in [0.2, 0.25) is 0 Å². The van der Waals surface area contributed by atoms with E-state index in [1.165, 1.54) is 19.1 Å². The van der Waals surface area contributed by atoms with Crippen LogP contribution >= 0.6 is 11.6 Å². The van der Waals surface area contributed by atoms with Gasteiger partial charge in [0.15, 0.2) is 0 Å². The lowest BCUT2D eigenvalue weighted by molar-refractivity contribution is -0.114. The van der Waals surface area contributed by atoms with E-state index in [9.17, 15) is 17.8 Å². The van der Waals surface area contributed by atoms with Crippen LogP contribution < -0.4 is 11.1 Å². The Morgan fingerprint density at radius 2 is 1.80 bits per heavy atom. The Balaban J connectivity index is 2.48. The molecule has 0 saturated carbocycles. The maximum absolute atomic E-state index is 11.6. The highest BCUT2D eigenvalue weighted by atomic mass is 35.5. The number of nitrogens with zero attached hydrogens (tertiary/aromatic N) is 1. The van der Waals surface area contributed by atoms with Gasteiger partial charge >= 0.3 is 0 Å². The van der Waals surface area contributed by atoms with Crippen LogP contribution in [0.25, 0.3) is 11.1 Å². The van der Waals surface area contributed by atoms with Crippen LogP contribution in [-0.4, -0.2) is 30.6 Å². The maximum Gasteiger partial charge on any atom is 0.296 e. The molecule has 0 atom stereocenters. The SMILES string of the molecule is CC(=O)Nc1ccc(-c2ccc(N=C(N)CCl)c(S(=O)(=O)O)c2)cc1. The van der Waals surface area contributed by atoms with Crippen LogP contribution in [0.4, 0.5) is 11.4 Å². The summed E-state index contributed by atoms with van der Waals surface area (Å²) in [6, 6.07) is 11.2. The van der Waals surface area contributed by atoms with Crippen LogP contribution in [0.5, 0.6) is 0 Å². The summed E-state index contributed by atoms with van der Waals surface area (Å²) in [6.07, 6.45) is 0.